The predicted molar refractivity (Wildman–Crippen MR) is 104 cm³/mol. The number of thiophene rings is 1. The molecular formula is C20H22N4O2S. The molecule has 0 unspecified atom stereocenters. The molecule has 140 valence electrons. The van der Waals surface area contributed by atoms with Crippen LogP contribution in [0.25, 0.3) is 10.8 Å². The van der Waals surface area contributed by atoms with E-state index in [2.05, 4.69) is 39.4 Å². The monoisotopic (exact) mass is 382 g/mol. The third-order valence-electron chi connectivity index (χ3n) is 4.73. The fourth-order valence-electron chi connectivity index (χ4n) is 3.22. The zero-order valence-electron chi connectivity index (χ0n) is 15.1. The first kappa shape index (κ1) is 17.9. The maximum atomic E-state index is 12.5. The number of hydrogen-bond donors (Lipinski definition) is 0. The third-order valence-corrected chi connectivity index (χ3v) is 5.58. The Bertz CT molecular complexity index is 855. The van der Waals surface area contributed by atoms with Gasteiger partial charge >= 0.3 is 0 Å². The molecule has 6 nitrogen and oxygen atoms in total. The first-order valence-electron chi connectivity index (χ1n) is 9.18. The van der Waals surface area contributed by atoms with Crippen molar-refractivity contribution in [3.63, 3.8) is 0 Å². The number of benzene rings is 1. The van der Waals surface area contributed by atoms with Crippen molar-refractivity contribution in [3.8, 4) is 10.8 Å². The summed E-state index contributed by atoms with van der Waals surface area (Å²) in [5.41, 5.74) is 1.32. The highest BCUT2D eigenvalue weighted by Gasteiger charge is 2.21. The highest BCUT2D eigenvalue weighted by molar-refractivity contribution is 7.13. The Morgan fingerprint density at radius 1 is 1.04 bits per heavy atom. The number of carbonyl (C=O) groups is 1. The second-order valence-corrected chi connectivity index (χ2v) is 7.57. The van der Waals surface area contributed by atoms with Gasteiger partial charge in [0.1, 0.15) is 0 Å². The van der Waals surface area contributed by atoms with Gasteiger partial charge in [0.05, 0.1) is 4.88 Å². The molecule has 0 spiro atoms. The Labute approximate surface area is 162 Å². The number of carbonyl (C=O) groups excluding carboxylic acids is 1. The van der Waals surface area contributed by atoms with Gasteiger partial charge in [-0.15, -0.1) is 21.5 Å². The van der Waals surface area contributed by atoms with Crippen LogP contribution in [-0.4, -0.2) is 52.1 Å². The number of hydrogen-bond acceptors (Lipinski definition) is 6. The molecule has 2 aromatic heterocycles. The van der Waals surface area contributed by atoms with Crippen LogP contribution in [0.1, 0.15) is 17.9 Å². The van der Waals surface area contributed by atoms with Gasteiger partial charge in [-0.1, -0.05) is 36.4 Å². The van der Waals surface area contributed by atoms with Gasteiger partial charge in [0.15, 0.2) is 0 Å². The summed E-state index contributed by atoms with van der Waals surface area (Å²) in [7, 11) is 0. The lowest BCUT2D eigenvalue weighted by atomic mass is 10.2. The quantitative estimate of drug-likeness (QED) is 0.656. The molecule has 3 aromatic rings. The number of aryl methyl sites for hydroxylation is 1. The van der Waals surface area contributed by atoms with E-state index < -0.39 is 0 Å². The van der Waals surface area contributed by atoms with E-state index in [0.29, 0.717) is 24.6 Å². The van der Waals surface area contributed by atoms with E-state index in [1.807, 2.05) is 28.5 Å². The van der Waals surface area contributed by atoms with E-state index >= 15 is 0 Å². The molecule has 7 heteroatoms. The van der Waals surface area contributed by atoms with Crippen LogP contribution in [0, 0.1) is 0 Å². The van der Waals surface area contributed by atoms with Crippen molar-refractivity contribution >= 4 is 17.2 Å². The van der Waals surface area contributed by atoms with Gasteiger partial charge in [0.2, 0.25) is 11.8 Å². The second-order valence-electron chi connectivity index (χ2n) is 6.62. The molecule has 0 radical (unpaired) electrons. The zero-order valence-corrected chi connectivity index (χ0v) is 15.9. The predicted octanol–water partition coefficient (Wildman–Crippen LogP) is 3.08. The van der Waals surface area contributed by atoms with Crippen LogP contribution in [-0.2, 0) is 17.8 Å². The minimum absolute atomic E-state index is 0.158. The SMILES string of the molecule is O=C(CCc1nnc(-c2cccs2)o1)N1CCN(Cc2ccccc2)CC1. The van der Waals surface area contributed by atoms with Crippen LogP contribution in [0.5, 0.6) is 0 Å². The summed E-state index contributed by atoms with van der Waals surface area (Å²) < 4.78 is 5.66. The lowest BCUT2D eigenvalue weighted by Gasteiger charge is -2.34. The minimum Gasteiger partial charge on any atom is -0.420 e. The average Bonchev–Trinajstić information content (AvgIpc) is 3.39. The number of amides is 1. The Morgan fingerprint density at radius 3 is 2.59 bits per heavy atom. The topological polar surface area (TPSA) is 62.5 Å². The normalized spacial score (nSPS) is 15.2. The maximum Gasteiger partial charge on any atom is 0.257 e. The summed E-state index contributed by atoms with van der Waals surface area (Å²) in [5.74, 6) is 1.21. The van der Waals surface area contributed by atoms with Crippen LogP contribution in [0.4, 0.5) is 0 Å². The molecule has 1 aliphatic heterocycles. The van der Waals surface area contributed by atoms with Crippen molar-refractivity contribution in [2.75, 3.05) is 26.2 Å². The van der Waals surface area contributed by atoms with Gasteiger partial charge < -0.3 is 9.32 Å². The fourth-order valence-corrected chi connectivity index (χ4v) is 3.87. The average molecular weight is 382 g/mol. The van der Waals surface area contributed by atoms with Crippen LogP contribution in [0.2, 0.25) is 0 Å². The number of piperazine rings is 1. The van der Waals surface area contributed by atoms with Crippen molar-refractivity contribution in [1.29, 1.82) is 0 Å². The summed E-state index contributed by atoms with van der Waals surface area (Å²) in [4.78, 5) is 17.8. The standard InChI is InChI=1S/C20H22N4O2S/c25-19(9-8-18-21-22-20(26-18)17-7-4-14-27-17)24-12-10-23(11-13-24)15-16-5-2-1-3-6-16/h1-7,14H,8-13,15H2. The van der Waals surface area contributed by atoms with Gasteiger partial charge in [0, 0.05) is 45.6 Å². The van der Waals surface area contributed by atoms with Gasteiger partial charge in [-0.05, 0) is 17.0 Å². The number of nitrogens with zero attached hydrogens (tertiary/aromatic N) is 4. The summed E-state index contributed by atoms with van der Waals surface area (Å²) in [5, 5.41) is 10.1. The molecule has 0 aliphatic carbocycles. The Balaban J connectivity index is 1.23. The number of rotatable bonds is 6. The van der Waals surface area contributed by atoms with Crippen molar-refractivity contribution in [3.05, 3.63) is 59.3 Å². The van der Waals surface area contributed by atoms with E-state index in [0.717, 1.165) is 37.6 Å². The van der Waals surface area contributed by atoms with Crippen molar-refractivity contribution in [2.45, 2.75) is 19.4 Å². The van der Waals surface area contributed by atoms with Gasteiger partial charge in [0.25, 0.3) is 5.89 Å². The number of aromatic nitrogens is 2. The molecule has 1 amide bonds. The fraction of sp³-hybridized carbons (Fsp3) is 0.350. The zero-order chi connectivity index (χ0) is 18.5. The van der Waals surface area contributed by atoms with Gasteiger partial charge in [-0.2, -0.15) is 0 Å². The van der Waals surface area contributed by atoms with Crippen molar-refractivity contribution < 1.29 is 9.21 Å². The third kappa shape index (κ3) is 4.61. The lowest BCUT2D eigenvalue weighted by molar-refractivity contribution is -0.133. The van der Waals surface area contributed by atoms with E-state index in [1.54, 1.807) is 11.3 Å². The van der Waals surface area contributed by atoms with Gasteiger partial charge in [-0.3, -0.25) is 9.69 Å². The minimum atomic E-state index is 0.158. The van der Waals surface area contributed by atoms with Crippen LogP contribution in [0.3, 0.4) is 0 Å². The highest BCUT2D eigenvalue weighted by Crippen LogP contribution is 2.23. The molecule has 0 N–H and O–H groups in total. The summed E-state index contributed by atoms with van der Waals surface area (Å²) in [6.07, 6.45) is 0.895. The molecule has 0 atom stereocenters. The van der Waals surface area contributed by atoms with Crippen molar-refractivity contribution in [1.82, 2.24) is 20.0 Å². The second kappa shape index (κ2) is 8.45. The van der Waals surface area contributed by atoms with E-state index in [1.165, 1.54) is 5.56 Å². The molecule has 0 saturated carbocycles. The first-order valence-corrected chi connectivity index (χ1v) is 10.1. The Kier molecular flexibility index (Phi) is 5.60. The molecule has 1 aromatic carbocycles. The Morgan fingerprint density at radius 2 is 1.85 bits per heavy atom. The Hall–Kier alpha value is -2.51. The lowest BCUT2D eigenvalue weighted by Crippen LogP contribution is -2.48. The first-order chi connectivity index (χ1) is 13.3. The van der Waals surface area contributed by atoms with Crippen molar-refractivity contribution in [2.24, 2.45) is 0 Å². The largest absolute Gasteiger partial charge is 0.420 e. The summed E-state index contributed by atoms with van der Waals surface area (Å²) in [6.45, 7) is 4.30. The molecule has 4 rings (SSSR count). The molecule has 1 saturated heterocycles. The van der Waals surface area contributed by atoms with E-state index in [4.69, 9.17) is 4.42 Å². The molecule has 3 heterocycles. The molecule has 0 bridgehead atoms. The smallest absolute Gasteiger partial charge is 0.257 e. The van der Waals surface area contributed by atoms with Gasteiger partial charge in [-0.25, -0.2) is 0 Å². The highest BCUT2D eigenvalue weighted by atomic mass is 32.1. The van der Waals surface area contributed by atoms with Crippen LogP contribution >= 0.6 is 11.3 Å². The van der Waals surface area contributed by atoms with Crippen LogP contribution in [0.15, 0.2) is 52.3 Å². The summed E-state index contributed by atoms with van der Waals surface area (Å²) >= 11 is 1.56. The molecular weight excluding hydrogens is 360 g/mol. The maximum absolute atomic E-state index is 12.5. The summed E-state index contributed by atoms with van der Waals surface area (Å²) in [6, 6.07) is 14.4. The molecule has 27 heavy (non-hydrogen) atoms. The molecule has 1 fully saturated rings. The van der Waals surface area contributed by atoms with E-state index in [9.17, 15) is 4.79 Å². The van der Waals surface area contributed by atoms with Crippen LogP contribution < -0.4 is 0 Å². The molecule has 1 aliphatic rings. The van der Waals surface area contributed by atoms with E-state index in [-0.39, 0.29) is 5.91 Å².